The molecule has 0 radical (unpaired) electrons. The molecule has 4 heteroatoms. The molecule has 1 aromatic heterocycles. The van der Waals surface area contributed by atoms with E-state index in [-0.39, 0.29) is 5.78 Å². The van der Waals surface area contributed by atoms with Gasteiger partial charge in [-0.3, -0.25) is 4.79 Å². The van der Waals surface area contributed by atoms with Crippen LogP contribution in [0, 0.1) is 20.8 Å². The molecule has 2 aromatic rings. The number of rotatable bonds is 4. The van der Waals surface area contributed by atoms with Gasteiger partial charge in [0.2, 0.25) is 0 Å². The molecule has 2 nitrogen and oxygen atoms in total. The third-order valence-electron chi connectivity index (χ3n) is 3.55. The second-order valence-corrected chi connectivity index (χ2v) is 6.58. The number of hydrogen-bond donors (Lipinski definition) is 0. The number of carbonyl (C=O) groups is 1. The van der Waals surface area contributed by atoms with E-state index in [0.717, 1.165) is 27.5 Å². The predicted molar refractivity (Wildman–Crippen MR) is 89.5 cm³/mol. The number of Topliss-reactive ketones (excluding diaryl/α,β-unsaturated/α-hetero) is 1. The zero-order valence-electron chi connectivity index (χ0n) is 12.7. The highest BCUT2D eigenvalue weighted by Gasteiger charge is 2.14. The number of pyridine rings is 1. The molecule has 0 fully saturated rings. The third kappa shape index (κ3) is 3.66. The lowest BCUT2D eigenvalue weighted by molar-refractivity contribution is 0.101. The fourth-order valence-electron chi connectivity index (χ4n) is 2.58. The Balaban J connectivity index is 2.29. The van der Waals surface area contributed by atoms with Gasteiger partial charge in [-0.15, -0.1) is 11.8 Å². The van der Waals surface area contributed by atoms with Gasteiger partial charge in [0.05, 0.1) is 10.0 Å². The van der Waals surface area contributed by atoms with E-state index in [1.54, 1.807) is 24.9 Å². The Morgan fingerprint density at radius 2 is 1.95 bits per heavy atom. The molecule has 0 unspecified atom stereocenters. The maximum atomic E-state index is 11.8. The number of benzene rings is 1. The Kier molecular flexibility index (Phi) is 5.07. The van der Waals surface area contributed by atoms with Gasteiger partial charge in [0, 0.05) is 17.5 Å². The first-order valence-corrected chi connectivity index (χ1v) is 8.11. The molecule has 0 aliphatic carbocycles. The van der Waals surface area contributed by atoms with Crippen molar-refractivity contribution in [3.05, 3.63) is 57.2 Å². The highest BCUT2D eigenvalue weighted by atomic mass is 35.5. The minimum absolute atomic E-state index is 0.126. The van der Waals surface area contributed by atoms with Crippen molar-refractivity contribution in [3.8, 4) is 0 Å². The van der Waals surface area contributed by atoms with E-state index in [2.05, 4.69) is 18.0 Å². The summed E-state index contributed by atoms with van der Waals surface area (Å²) in [4.78, 5) is 16.1. The molecular weight excluding hydrogens is 302 g/mol. The number of aryl methyl sites for hydroxylation is 2. The molecule has 1 heterocycles. The molecule has 1 aromatic carbocycles. The Hall–Kier alpha value is -1.32. The smallest absolute Gasteiger partial charge is 0.160 e. The summed E-state index contributed by atoms with van der Waals surface area (Å²) in [6.07, 6.45) is 1.65. The van der Waals surface area contributed by atoms with Gasteiger partial charge in [0.25, 0.3) is 0 Å². The first kappa shape index (κ1) is 16.1. The van der Waals surface area contributed by atoms with E-state index in [0.29, 0.717) is 5.02 Å². The molecule has 0 spiro atoms. The molecule has 0 saturated carbocycles. The van der Waals surface area contributed by atoms with Crippen LogP contribution in [0.25, 0.3) is 0 Å². The Bertz CT molecular complexity index is 680. The summed E-state index contributed by atoms with van der Waals surface area (Å²) in [5.74, 6) is 0.924. The van der Waals surface area contributed by atoms with E-state index in [9.17, 15) is 4.79 Å². The molecule has 0 aliphatic rings. The zero-order chi connectivity index (χ0) is 15.6. The topological polar surface area (TPSA) is 30.0 Å². The standard InChI is InChI=1S/C17H18ClNOS/c1-10-7-11(2)17(13(4)20)12(3)15(10)9-21-16-6-5-14(18)8-19-16/h5-8H,9H2,1-4H3. The van der Waals surface area contributed by atoms with Gasteiger partial charge in [-0.25, -0.2) is 4.98 Å². The van der Waals surface area contributed by atoms with E-state index in [1.807, 2.05) is 26.0 Å². The van der Waals surface area contributed by atoms with Crippen LogP contribution in [0.15, 0.2) is 29.4 Å². The van der Waals surface area contributed by atoms with Gasteiger partial charge in [-0.05, 0) is 62.1 Å². The summed E-state index contributed by atoms with van der Waals surface area (Å²) < 4.78 is 0. The summed E-state index contributed by atoms with van der Waals surface area (Å²) >= 11 is 7.50. The van der Waals surface area contributed by atoms with Crippen LogP contribution in [0.5, 0.6) is 0 Å². The van der Waals surface area contributed by atoms with Crippen LogP contribution in [0.4, 0.5) is 0 Å². The maximum Gasteiger partial charge on any atom is 0.160 e. The fraction of sp³-hybridized carbons (Fsp3) is 0.294. The lowest BCUT2D eigenvalue weighted by Crippen LogP contribution is -2.05. The van der Waals surface area contributed by atoms with Crippen molar-refractivity contribution in [3.63, 3.8) is 0 Å². The molecule has 21 heavy (non-hydrogen) atoms. The SMILES string of the molecule is CC(=O)c1c(C)cc(C)c(CSc2ccc(Cl)cn2)c1C. The van der Waals surface area contributed by atoms with E-state index in [1.165, 1.54) is 11.1 Å². The number of thioether (sulfide) groups is 1. The summed E-state index contributed by atoms with van der Waals surface area (Å²) in [6, 6.07) is 5.85. The van der Waals surface area contributed by atoms with Crippen LogP contribution in [-0.2, 0) is 5.75 Å². The van der Waals surface area contributed by atoms with Gasteiger partial charge < -0.3 is 0 Å². The number of hydrogen-bond acceptors (Lipinski definition) is 3. The summed E-state index contributed by atoms with van der Waals surface area (Å²) in [6.45, 7) is 7.74. The zero-order valence-corrected chi connectivity index (χ0v) is 14.2. The van der Waals surface area contributed by atoms with Crippen molar-refractivity contribution in [1.82, 2.24) is 4.98 Å². The molecule has 110 valence electrons. The van der Waals surface area contributed by atoms with Gasteiger partial charge in [-0.2, -0.15) is 0 Å². The monoisotopic (exact) mass is 319 g/mol. The highest BCUT2D eigenvalue weighted by molar-refractivity contribution is 7.98. The molecule has 0 saturated heterocycles. The molecule has 0 N–H and O–H groups in total. The first-order chi connectivity index (χ1) is 9.90. The van der Waals surface area contributed by atoms with Crippen molar-refractivity contribution in [2.45, 2.75) is 38.5 Å². The number of ketones is 1. The quantitative estimate of drug-likeness (QED) is 0.576. The van der Waals surface area contributed by atoms with E-state index < -0.39 is 0 Å². The number of aromatic nitrogens is 1. The number of nitrogens with zero attached hydrogens (tertiary/aromatic N) is 1. The van der Waals surface area contributed by atoms with Crippen LogP contribution in [-0.4, -0.2) is 10.8 Å². The van der Waals surface area contributed by atoms with Crippen LogP contribution in [0.2, 0.25) is 5.02 Å². The van der Waals surface area contributed by atoms with Crippen LogP contribution in [0.3, 0.4) is 0 Å². The Morgan fingerprint density at radius 3 is 2.52 bits per heavy atom. The average molecular weight is 320 g/mol. The highest BCUT2D eigenvalue weighted by Crippen LogP contribution is 2.29. The molecule has 2 rings (SSSR count). The first-order valence-electron chi connectivity index (χ1n) is 6.75. The molecule has 0 bridgehead atoms. The van der Waals surface area contributed by atoms with Crippen molar-refractivity contribution >= 4 is 29.1 Å². The minimum Gasteiger partial charge on any atom is -0.294 e. The Morgan fingerprint density at radius 1 is 1.24 bits per heavy atom. The van der Waals surface area contributed by atoms with E-state index >= 15 is 0 Å². The van der Waals surface area contributed by atoms with Crippen LogP contribution < -0.4 is 0 Å². The van der Waals surface area contributed by atoms with Crippen molar-refractivity contribution in [2.75, 3.05) is 0 Å². The predicted octanol–water partition coefficient (Wildman–Crippen LogP) is 5.16. The van der Waals surface area contributed by atoms with Crippen molar-refractivity contribution in [2.24, 2.45) is 0 Å². The maximum absolute atomic E-state index is 11.8. The number of carbonyl (C=O) groups excluding carboxylic acids is 1. The largest absolute Gasteiger partial charge is 0.294 e. The second kappa shape index (κ2) is 6.63. The summed E-state index contributed by atoms with van der Waals surface area (Å²) in [5, 5.41) is 1.57. The van der Waals surface area contributed by atoms with Crippen LogP contribution in [0.1, 0.15) is 39.5 Å². The Labute approximate surface area is 134 Å². The minimum atomic E-state index is 0.126. The summed E-state index contributed by atoms with van der Waals surface area (Å²) in [5.41, 5.74) is 5.42. The molecule has 0 amide bonds. The number of halogens is 1. The second-order valence-electron chi connectivity index (χ2n) is 5.15. The van der Waals surface area contributed by atoms with Gasteiger partial charge in [0.15, 0.2) is 5.78 Å². The molecular formula is C17H18ClNOS. The fourth-order valence-corrected chi connectivity index (χ4v) is 3.72. The van der Waals surface area contributed by atoms with Crippen molar-refractivity contribution in [1.29, 1.82) is 0 Å². The van der Waals surface area contributed by atoms with Gasteiger partial charge in [-0.1, -0.05) is 17.7 Å². The summed E-state index contributed by atoms with van der Waals surface area (Å²) in [7, 11) is 0. The van der Waals surface area contributed by atoms with Crippen molar-refractivity contribution < 1.29 is 4.79 Å². The lowest BCUT2D eigenvalue weighted by atomic mass is 9.92. The average Bonchev–Trinajstić information content (AvgIpc) is 2.39. The molecule has 0 aliphatic heterocycles. The lowest BCUT2D eigenvalue weighted by Gasteiger charge is -2.15. The van der Waals surface area contributed by atoms with E-state index in [4.69, 9.17) is 11.6 Å². The normalized spacial score (nSPS) is 10.7. The third-order valence-corrected chi connectivity index (χ3v) is 4.74. The van der Waals surface area contributed by atoms with Crippen LogP contribution >= 0.6 is 23.4 Å². The molecule has 0 atom stereocenters. The van der Waals surface area contributed by atoms with Gasteiger partial charge in [0.1, 0.15) is 0 Å². The van der Waals surface area contributed by atoms with Gasteiger partial charge >= 0.3 is 0 Å².